The van der Waals surface area contributed by atoms with Gasteiger partial charge in [-0.15, -0.1) is 0 Å². The van der Waals surface area contributed by atoms with Crippen molar-refractivity contribution in [2.75, 3.05) is 33.3 Å². The highest BCUT2D eigenvalue weighted by Gasteiger charge is 2.47. The van der Waals surface area contributed by atoms with Gasteiger partial charge in [0, 0.05) is 24.5 Å². The average Bonchev–Trinajstić information content (AvgIpc) is 2.58. The van der Waals surface area contributed by atoms with Crippen LogP contribution in [0.1, 0.15) is 24.8 Å². The number of likely N-dealkylation sites (N-methyl/N-ethyl adjacent to an activating group) is 1. The van der Waals surface area contributed by atoms with Crippen LogP contribution in [0, 0.1) is 5.41 Å². The van der Waals surface area contributed by atoms with Crippen molar-refractivity contribution in [2.45, 2.75) is 31.7 Å². The molecule has 3 rings (SSSR count). The third kappa shape index (κ3) is 3.25. The third-order valence-corrected chi connectivity index (χ3v) is 6.04. The van der Waals surface area contributed by atoms with Gasteiger partial charge in [-0.1, -0.05) is 17.7 Å². The second-order valence-electron chi connectivity index (χ2n) is 7.17. The number of hydrogen-bond donors (Lipinski definition) is 2. The fraction of sp³-hybridized carbons (Fsp3) is 0.611. The Hall–Kier alpha value is -1.30. The maximum Gasteiger partial charge on any atom is 0.227 e. The number of phenols is 1. The zero-order valence-electron chi connectivity index (χ0n) is 14.0. The molecule has 1 amide bonds. The minimum atomic E-state index is -0.0639. The molecule has 0 radical (unpaired) electrons. The molecule has 2 aliphatic rings. The van der Waals surface area contributed by atoms with E-state index < -0.39 is 0 Å². The van der Waals surface area contributed by atoms with Crippen LogP contribution in [0.4, 0.5) is 0 Å². The number of amides is 1. The highest BCUT2D eigenvalue weighted by Crippen LogP contribution is 2.41. The van der Waals surface area contributed by atoms with Gasteiger partial charge in [0.2, 0.25) is 5.91 Å². The number of aromatic hydroxyl groups is 1. The molecule has 132 valence electrons. The van der Waals surface area contributed by atoms with E-state index in [4.69, 9.17) is 11.6 Å². The molecule has 0 saturated carbocycles. The van der Waals surface area contributed by atoms with Crippen LogP contribution < -0.4 is 0 Å². The Bertz CT molecular complexity index is 624. The number of carbonyl (C=O) groups is 1. The Morgan fingerprint density at radius 2 is 2.17 bits per heavy atom. The highest BCUT2D eigenvalue weighted by atomic mass is 35.5. The predicted molar refractivity (Wildman–Crippen MR) is 93.2 cm³/mol. The minimum absolute atomic E-state index is 0.0300. The van der Waals surface area contributed by atoms with Crippen LogP contribution in [0.5, 0.6) is 5.75 Å². The van der Waals surface area contributed by atoms with Gasteiger partial charge in [0.15, 0.2) is 0 Å². The molecule has 2 aliphatic heterocycles. The molecule has 2 fully saturated rings. The lowest BCUT2D eigenvalue weighted by molar-refractivity contribution is -0.139. The number of rotatable bonds is 3. The lowest BCUT2D eigenvalue weighted by Crippen LogP contribution is -2.62. The van der Waals surface area contributed by atoms with E-state index in [1.807, 2.05) is 4.90 Å². The van der Waals surface area contributed by atoms with Gasteiger partial charge in [-0.05, 0) is 50.6 Å². The fourth-order valence-electron chi connectivity index (χ4n) is 4.19. The molecule has 0 bridgehead atoms. The minimum Gasteiger partial charge on any atom is -0.506 e. The van der Waals surface area contributed by atoms with Crippen LogP contribution in [0.3, 0.4) is 0 Å². The summed E-state index contributed by atoms with van der Waals surface area (Å²) in [6, 6.07) is 5.11. The molecule has 5 nitrogen and oxygen atoms in total. The molecule has 1 aromatic rings. The fourth-order valence-corrected chi connectivity index (χ4v) is 4.39. The van der Waals surface area contributed by atoms with Gasteiger partial charge in [0.1, 0.15) is 5.75 Å². The van der Waals surface area contributed by atoms with Gasteiger partial charge < -0.3 is 20.0 Å². The Kier molecular flexibility index (Phi) is 5.04. The summed E-state index contributed by atoms with van der Waals surface area (Å²) >= 11 is 5.92. The van der Waals surface area contributed by atoms with Gasteiger partial charge in [-0.25, -0.2) is 0 Å². The van der Waals surface area contributed by atoms with Crippen LogP contribution in [0.15, 0.2) is 18.2 Å². The molecule has 2 saturated heterocycles. The lowest BCUT2D eigenvalue weighted by atomic mass is 9.69. The van der Waals surface area contributed by atoms with E-state index in [2.05, 4.69) is 11.9 Å². The highest BCUT2D eigenvalue weighted by molar-refractivity contribution is 6.32. The summed E-state index contributed by atoms with van der Waals surface area (Å²) in [5.74, 6) is 0.102. The average molecular weight is 353 g/mol. The predicted octanol–water partition coefficient (Wildman–Crippen LogP) is 1.89. The molecule has 0 spiro atoms. The quantitative estimate of drug-likeness (QED) is 0.872. The Morgan fingerprint density at radius 1 is 1.38 bits per heavy atom. The zero-order chi connectivity index (χ0) is 17.3. The number of hydrogen-bond acceptors (Lipinski definition) is 4. The number of halogens is 1. The molecular formula is C18H25ClN2O3. The van der Waals surface area contributed by atoms with Gasteiger partial charge in [-0.2, -0.15) is 0 Å². The van der Waals surface area contributed by atoms with E-state index in [0.29, 0.717) is 13.1 Å². The van der Waals surface area contributed by atoms with E-state index >= 15 is 0 Å². The normalized spacial score (nSPS) is 27.8. The molecule has 6 heteroatoms. The number of piperidine rings is 2. The molecular weight excluding hydrogens is 328 g/mol. The van der Waals surface area contributed by atoms with E-state index in [9.17, 15) is 15.0 Å². The SMILES string of the molecule is CN1CCC[C@]2(CO)CCN(C(=O)Cc3ccc(O)c(Cl)c3)C[C@@H]12. The standard InChI is InChI=1S/C18H25ClN2O3/c1-20-7-2-5-18(12-22)6-8-21(11-16(18)20)17(24)10-13-3-4-15(23)14(19)9-13/h3-4,9,16,22-23H,2,5-8,10-12H2,1H3/t16-,18-/m1/s1. The van der Waals surface area contributed by atoms with Crippen LogP contribution in [0.25, 0.3) is 0 Å². The zero-order valence-corrected chi connectivity index (χ0v) is 14.8. The van der Waals surface area contributed by atoms with Gasteiger partial charge in [0.25, 0.3) is 0 Å². The van der Waals surface area contributed by atoms with Crippen LogP contribution in [-0.2, 0) is 11.2 Å². The van der Waals surface area contributed by atoms with Crippen LogP contribution >= 0.6 is 11.6 Å². The Labute approximate surface area is 147 Å². The summed E-state index contributed by atoms with van der Waals surface area (Å²) in [5.41, 5.74) is 0.741. The van der Waals surface area contributed by atoms with Crippen LogP contribution in [0.2, 0.25) is 5.02 Å². The maximum atomic E-state index is 12.7. The molecule has 2 N–H and O–H groups in total. The van der Waals surface area contributed by atoms with Crippen molar-refractivity contribution < 1.29 is 15.0 Å². The van der Waals surface area contributed by atoms with E-state index in [1.165, 1.54) is 6.07 Å². The molecule has 2 heterocycles. The number of aliphatic hydroxyl groups excluding tert-OH is 1. The number of aliphatic hydroxyl groups is 1. The summed E-state index contributed by atoms with van der Waals surface area (Å²) in [5, 5.41) is 19.7. The summed E-state index contributed by atoms with van der Waals surface area (Å²) in [6.45, 7) is 2.57. The van der Waals surface area contributed by atoms with Crippen molar-refractivity contribution in [2.24, 2.45) is 5.41 Å². The van der Waals surface area contributed by atoms with E-state index in [-0.39, 0.29) is 41.2 Å². The smallest absolute Gasteiger partial charge is 0.227 e. The number of likely N-dealkylation sites (tertiary alicyclic amines) is 2. The molecule has 1 aromatic carbocycles. The summed E-state index contributed by atoms with van der Waals surface area (Å²) < 4.78 is 0. The molecule has 0 aliphatic carbocycles. The third-order valence-electron chi connectivity index (χ3n) is 5.73. The Balaban J connectivity index is 1.69. The first-order chi connectivity index (χ1) is 11.4. The second kappa shape index (κ2) is 6.90. The summed E-state index contributed by atoms with van der Waals surface area (Å²) in [4.78, 5) is 16.9. The molecule has 0 unspecified atom stereocenters. The van der Waals surface area contributed by atoms with Crippen molar-refractivity contribution in [1.29, 1.82) is 0 Å². The van der Waals surface area contributed by atoms with Gasteiger partial charge >= 0.3 is 0 Å². The van der Waals surface area contributed by atoms with Crippen molar-refractivity contribution in [3.05, 3.63) is 28.8 Å². The Morgan fingerprint density at radius 3 is 2.88 bits per heavy atom. The molecule has 0 aromatic heterocycles. The second-order valence-corrected chi connectivity index (χ2v) is 7.58. The number of nitrogens with zero attached hydrogens (tertiary/aromatic N) is 2. The van der Waals surface area contributed by atoms with E-state index in [0.717, 1.165) is 31.4 Å². The van der Waals surface area contributed by atoms with Crippen molar-refractivity contribution in [3.8, 4) is 5.75 Å². The largest absolute Gasteiger partial charge is 0.506 e. The summed E-state index contributed by atoms with van der Waals surface area (Å²) in [7, 11) is 2.09. The number of benzene rings is 1. The van der Waals surface area contributed by atoms with Crippen LogP contribution in [-0.4, -0.2) is 65.3 Å². The summed E-state index contributed by atoms with van der Waals surface area (Å²) in [6.07, 6.45) is 3.27. The topological polar surface area (TPSA) is 64.0 Å². The monoisotopic (exact) mass is 352 g/mol. The van der Waals surface area contributed by atoms with Gasteiger partial charge in [-0.3, -0.25) is 4.79 Å². The number of phenolic OH excluding ortho intramolecular Hbond substituents is 1. The van der Waals surface area contributed by atoms with Gasteiger partial charge in [0.05, 0.1) is 18.1 Å². The first kappa shape index (κ1) is 17.5. The maximum absolute atomic E-state index is 12.7. The first-order valence-corrected chi connectivity index (χ1v) is 8.89. The van der Waals surface area contributed by atoms with E-state index in [1.54, 1.807) is 12.1 Å². The molecule has 2 atom stereocenters. The van der Waals surface area contributed by atoms with Crippen molar-refractivity contribution in [3.63, 3.8) is 0 Å². The van der Waals surface area contributed by atoms with Crippen molar-refractivity contribution >= 4 is 17.5 Å². The lowest BCUT2D eigenvalue weighted by Gasteiger charge is -2.53. The number of carbonyl (C=O) groups excluding carboxylic acids is 1. The molecule has 24 heavy (non-hydrogen) atoms. The van der Waals surface area contributed by atoms with Crippen molar-refractivity contribution in [1.82, 2.24) is 9.80 Å². The first-order valence-electron chi connectivity index (χ1n) is 8.51. The number of fused-ring (bicyclic) bond motifs is 1.